The second-order valence-electron chi connectivity index (χ2n) is 1.93. The third kappa shape index (κ3) is 1.14. The van der Waals surface area contributed by atoms with Crippen molar-refractivity contribution in [2.45, 2.75) is 0 Å². The Morgan fingerprint density at radius 2 is 2.11 bits per heavy atom. The average molecular weight is 126 g/mol. The number of allylic oxidation sites excluding steroid dienone is 1. The van der Waals surface area contributed by atoms with Gasteiger partial charge in [0, 0.05) is 11.8 Å². The Morgan fingerprint density at radius 1 is 1.44 bits per heavy atom. The van der Waals surface area contributed by atoms with Crippen molar-refractivity contribution in [3.8, 4) is 0 Å². The van der Waals surface area contributed by atoms with Gasteiger partial charge in [-0.15, -0.1) is 0 Å². The SMILES string of the molecule is NC1=CCN(N)C(N)=C1. The number of nitrogens with zero attached hydrogens (tertiary/aromatic N) is 1. The molecule has 50 valence electrons. The molecule has 0 aromatic rings. The normalized spacial score (nSPS) is 19.0. The van der Waals surface area contributed by atoms with E-state index in [1.54, 1.807) is 12.2 Å². The Labute approximate surface area is 53.6 Å². The summed E-state index contributed by atoms with van der Waals surface area (Å²) in [6.07, 6.45) is 3.43. The van der Waals surface area contributed by atoms with E-state index in [0.29, 0.717) is 18.1 Å². The summed E-state index contributed by atoms with van der Waals surface area (Å²) in [5.74, 6) is 5.89. The molecule has 4 heteroatoms. The molecule has 0 unspecified atom stereocenters. The van der Waals surface area contributed by atoms with Gasteiger partial charge >= 0.3 is 0 Å². The van der Waals surface area contributed by atoms with E-state index in [0.717, 1.165) is 0 Å². The molecule has 0 saturated heterocycles. The van der Waals surface area contributed by atoms with Crippen molar-refractivity contribution in [1.82, 2.24) is 5.01 Å². The van der Waals surface area contributed by atoms with Crippen LogP contribution in [0, 0.1) is 0 Å². The van der Waals surface area contributed by atoms with Crippen LogP contribution in [0.25, 0.3) is 0 Å². The fraction of sp³-hybridized carbons (Fsp3) is 0.200. The Morgan fingerprint density at radius 3 is 2.56 bits per heavy atom. The fourth-order valence-corrected chi connectivity index (χ4v) is 0.622. The Hall–Kier alpha value is -1.16. The maximum Gasteiger partial charge on any atom is 0.115 e. The third-order valence-corrected chi connectivity index (χ3v) is 1.17. The Bertz CT molecular complexity index is 170. The van der Waals surface area contributed by atoms with E-state index in [1.165, 1.54) is 5.01 Å². The van der Waals surface area contributed by atoms with Gasteiger partial charge in [0.25, 0.3) is 0 Å². The topological polar surface area (TPSA) is 81.3 Å². The second kappa shape index (κ2) is 1.99. The minimum Gasteiger partial charge on any atom is -0.399 e. The first-order valence-corrected chi connectivity index (χ1v) is 2.65. The largest absolute Gasteiger partial charge is 0.399 e. The summed E-state index contributed by atoms with van der Waals surface area (Å²) in [7, 11) is 0. The van der Waals surface area contributed by atoms with Gasteiger partial charge in [0.2, 0.25) is 0 Å². The van der Waals surface area contributed by atoms with E-state index in [-0.39, 0.29) is 0 Å². The Balaban J connectivity index is 2.74. The van der Waals surface area contributed by atoms with Crippen LogP contribution in [0.1, 0.15) is 0 Å². The van der Waals surface area contributed by atoms with Crippen LogP contribution in [0.4, 0.5) is 0 Å². The molecule has 0 saturated carbocycles. The van der Waals surface area contributed by atoms with Gasteiger partial charge < -0.3 is 11.5 Å². The fourth-order valence-electron chi connectivity index (χ4n) is 0.622. The summed E-state index contributed by atoms with van der Waals surface area (Å²) < 4.78 is 0. The molecule has 0 amide bonds. The van der Waals surface area contributed by atoms with E-state index >= 15 is 0 Å². The van der Waals surface area contributed by atoms with E-state index in [2.05, 4.69) is 0 Å². The first kappa shape index (κ1) is 5.97. The van der Waals surface area contributed by atoms with Crippen LogP contribution in [0.2, 0.25) is 0 Å². The zero-order valence-electron chi connectivity index (χ0n) is 5.04. The maximum absolute atomic E-state index is 5.41. The van der Waals surface area contributed by atoms with E-state index in [1.807, 2.05) is 0 Å². The lowest BCUT2D eigenvalue weighted by Crippen LogP contribution is -2.36. The molecule has 0 atom stereocenters. The lowest BCUT2D eigenvalue weighted by atomic mass is 10.3. The summed E-state index contributed by atoms with van der Waals surface area (Å²) in [4.78, 5) is 0. The smallest absolute Gasteiger partial charge is 0.115 e. The summed E-state index contributed by atoms with van der Waals surface area (Å²) in [5, 5.41) is 1.43. The van der Waals surface area contributed by atoms with Gasteiger partial charge in [-0.25, -0.2) is 5.84 Å². The van der Waals surface area contributed by atoms with Gasteiger partial charge in [-0.1, -0.05) is 0 Å². The molecule has 1 aliphatic heterocycles. The zero-order chi connectivity index (χ0) is 6.85. The first-order chi connectivity index (χ1) is 4.20. The van der Waals surface area contributed by atoms with E-state index in [4.69, 9.17) is 17.3 Å². The van der Waals surface area contributed by atoms with Gasteiger partial charge in [-0.2, -0.15) is 0 Å². The third-order valence-electron chi connectivity index (χ3n) is 1.17. The predicted octanol–water partition coefficient (Wildman–Crippen LogP) is -1.18. The second-order valence-corrected chi connectivity index (χ2v) is 1.93. The van der Waals surface area contributed by atoms with Crippen LogP contribution in [-0.4, -0.2) is 11.6 Å². The highest BCUT2D eigenvalue weighted by Crippen LogP contribution is 2.01. The van der Waals surface area contributed by atoms with Crippen LogP contribution in [0.15, 0.2) is 23.7 Å². The average Bonchev–Trinajstić information content (AvgIpc) is 1.80. The quantitative estimate of drug-likeness (QED) is 0.357. The van der Waals surface area contributed by atoms with E-state index in [9.17, 15) is 0 Å². The number of rotatable bonds is 0. The summed E-state index contributed by atoms with van der Waals surface area (Å²) in [6, 6.07) is 0. The molecule has 0 radical (unpaired) electrons. The zero-order valence-corrected chi connectivity index (χ0v) is 5.04. The van der Waals surface area contributed by atoms with Crippen LogP contribution in [0.3, 0.4) is 0 Å². The first-order valence-electron chi connectivity index (χ1n) is 2.65. The molecule has 0 aliphatic carbocycles. The highest BCUT2D eigenvalue weighted by atomic mass is 15.4. The molecule has 6 N–H and O–H groups in total. The van der Waals surface area contributed by atoms with Crippen molar-refractivity contribution in [3.05, 3.63) is 23.7 Å². The van der Waals surface area contributed by atoms with Gasteiger partial charge in [0.05, 0.1) is 6.54 Å². The van der Waals surface area contributed by atoms with Crippen LogP contribution in [0.5, 0.6) is 0 Å². The number of hydrogen-bond acceptors (Lipinski definition) is 4. The minimum atomic E-state index is 0.509. The molecule has 1 rings (SSSR count). The lowest BCUT2D eigenvalue weighted by Gasteiger charge is -2.20. The van der Waals surface area contributed by atoms with Crippen LogP contribution >= 0.6 is 0 Å². The Kier molecular flexibility index (Phi) is 1.32. The van der Waals surface area contributed by atoms with Crippen LogP contribution in [-0.2, 0) is 0 Å². The maximum atomic E-state index is 5.41. The number of hydrazine groups is 1. The molecule has 0 aromatic heterocycles. The highest BCUT2D eigenvalue weighted by Gasteiger charge is 2.03. The molecule has 9 heavy (non-hydrogen) atoms. The molecule has 0 fully saturated rings. The van der Waals surface area contributed by atoms with Crippen molar-refractivity contribution >= 4 is 0 Å². The molecular formula is C5H10N4. The molecule has 1 aliphatic rings. The highest BCUT2D eigenvalue weighted by molar-refractivity contribution is 5.22. The standard InChI is InChI=1S/C5H10N4/c6-4-1-2-9(8)5(7)3-4/h1,3H,2,6-8H2. The van der Waals surface area contributed by atoms with Crippen molar-refractivity contribution < 1.29 is 0 Å². The molecule has 4 nitrogen and oxygen atoms in total. The van der Waals surface area contributed by atoms with Gasteiger partial charge in [0.15, 0.2) is 0 Å². The molecule has 0 aromatic carbocycles. The van der Waals surface area contributed by atoms with Crippen molar-refractivity contribution in [1.29, 1.82) is 0 Å². The number of hydrogen-bond donors (Lipinski definition) is 3. The van der Waals surface area contributed by atoms with Crippen LogP contribution < -0.4 is 17.3 Å². The van der Waals surface area contributed by atoms with Gasteiger partial charge in [-0.3, -0.25) is 5.01 Å². The summed E-state index contributed by atoms with van der Waals surface area (Å²) in [6.45, 7) is 0.591. The lowest BCUT2D eigenvalue weighted by molar-refractivity contribution is 0.387. The van der Waals surface area contributed by atoms with E-state index < -0.39 is 0 Å². The van der Waals surface area contributed by atoms with Crippen molar-refractivity contribution in [2.75, 3.05) is 6.54 Å². The minimum absolute atomic E-state index is 0.509. The van der Waals surface area contributed by atoms with Gasteiger partial charge in [-0.05, 0) is 6.08 Å². The molecule has 0 bridgehead atoms. The van der Waals surface area contributed by atoms with Crippen molar-refractivity contribution in [2.24, 2.45) is 17.3 Å². The molecule has 1 heterocycles. The molecular weight excluding hydrogens is 116 g/mol. The monoisotopic (exact) mass is 126 g/mol. The summed E-state index contributed by atoms with van der Waals surface area (Å²) in [5.41, 5.74) is 11.5. The number of nitrogens with two attached hydrogens (primary N) is 3. The predicted molar refractivity (Wildman–Crippen MR) is 35.4 cm³/mol. The van der Waals surface area contributed by atoms with Gasteiger partial charge in [0.1, 0.15) is 5.82 Å². The molecule has 0 spiro atoms. The summed E-state index contributed by atoms with van der Waals surface area (Å²) >= 11 is 0. The van der Waals surface area contributed by atoms with Crippen molar-refractivity contribution in [3.63, 3.8) is 0 Å².